The van der Waals surface area contributed by atoms with Gasteiger partial charge in [-0.1, -0.05) is 47.4 Å². The van der Waals surface area contributed by atoms with E-state index >= 15 is 0 Å². The second-order valence-corrected chi connectivity index (χ2v) is 7.57. The predicted octanol–water partition coefficient (Wildman–Crippen LogP) is 4.87. The summed E-state index contributed by atoms with van der Waals surface area (Å²) in [5.41, 5.74) is 1.21. The summed E-state index contributed by atoms with van der Waals surface area (Å²) in [7, 11) is 0. The van der Waals surface area contributed by atoms with E-state index in [1.54, 1.807) is 0 Å². The van der Waals surface area contributed by atoms with Crippen LogP contribution in [-0.2, 0) is 0 Å². The van der Waals surface area contributed by atoms with E-state index in [4.69, 9.17) is 11.6 Å². The fourth-order valence-electron chi connectivity index (χ4n) is 3.39. The number of likely N-dealkylation sites (tertiary alicyclic amines) is 1. The molecule has 1 fully saturated rings. The van der Waals surface area contributed by atoms with Gasteiger partial charge in [0, 0.05) is 34.7 Å². The first-order valence-corrected chi connectivity index (χ1v) is 9.10. The van der Waals surface area contributed by atoms with Crippen molar-refractivity contribution >= 4 is 27.5 Å². The van der Waals surface area contributed by atoms with E-state index in [-0.39, 0.29) is 0 Å². The number of rotatable bonds is 6. The van der Waals surface area contributed by atoms with Crippen LogP contribution in [0.1, 0.15) is 45.2 Å². The van der Waals surface area contributed by atoms with Gasteiger partial charge in [-0.3, -0.25) is 0 Å². The Kier molecular flexibility index (Phi) is 6.54. The van der Waals surface area contributed by atoms with Gasteiger partial charge in [0.1, 0.15) is 0 Å². The lowest BCUT2D eigenvalue weighted by Gasteiger charge is -2.26. The first kappa shape index (κ1) is 17.3. The zero-order valence-corrected chi connectivity index (χ0v) is 15.5. The fraction of sp³-hybridized carbons (Fsp3) is 0.647. The molecule has 1 aliphatic rings. The highest BCUT2D eigenvalue weighted by Crippen LogP contribution is 2.30. The molecule has 1 N–H and O–H groups in total. The minimum absolute atomic E-state index is 0.332. The third-order valence-corrected chi connectivity index (χ3v) is 5.23. The third kappa shape index (κ3) is 4.69. The molecule has 1 saturated heterocycles. The lowest BCUT2D eigenvalue weighted by molar-refractivity contribution is 0.249. The summed E-state index contributed by atoms with van der Waals surface area (Å²) < 4.78 is 1.04. The molecule has 1 heterocycles. The molecular weight excluding hydrogens is 348 g/mol. The quantitative estimate of drug-likeness (QED) is 0.765. The Labute approximate surface area is 142 Å². The summed E-state index contributed by atoms with van der Waals surface area (Å²) >= 11 is 9.90. The van der Waals surface area contributed by atoms with Crippen molar-refractivity contribution in [1.82, 2.24) is 10.2 Å². The second-order valence-electron chi connectivity index (χ2n) is 6.25. The minimum Gasteiger partial charge on any atom is -0.310 e. The summed E-state index contributed by atoms with van der Waals surface area (Å²) in [5.74, 6) is 0.828. The SMILES string of the molecule is CCNC(CCN1CC(C)CC1C)c1ccc(Br)cc1Cl. The van der Waals surface area contributed by atoms with Gasteiger partial charge in [-0.2, -0.15) is 0 Å². The van der Waals surface area contributed by atoms with Crippen molar-refractivity contribution < 1.29 is 0 Å². The van der Waals surface area contributed by atoms with Crippen LogP contribution in [0.4, 0.5) is 0 Å². The molecule has 1 aromatic carbocycles. The highest BCUT2D eigenvalue weighted by Gasteiger charge is 2.26. The van der Waals surface area contributed by atoms with Crippen LogP contribution in [0.3, 0.4) is 0 Å². The molecule has 0 spiro atoms. The van der Waals surface area contributed by atoms with Crippen molar-refractivity contribution in [3.8, 4) is 0 Å². The maximum Gasteiger partial charge on any atom is 0.0465 e. The molecule has 1 aromatic rings. The average Bonchev–Trinajstić information content (AvgIpc) is 2.73. The maximum absolute atomic E-state index is 6.42. The first-order valence-electron chi connectivity index (χ1n) is 7.93. The standard InChI is InChI=1S/C17H26BrClN2/c1-4-20-17(15-6-5-14(18)10-16(15)19)7-8-21-11-12(2)9-13(21)3/h5-6,10,12-13,17,20H,4,7-9,11H2,1-3H3. The van der Waals surface area contributed by atoms with Gasteiger partial charge in [-0.05, 0) is 49.9 Å². The molecule has 0 radical (unpaired) electrons. The zero-order chi connectivity index (χ0) is 15.4. The monoisotopic (exact) mass is 372 g/mol. The molecule has 0 aliphatic carbocycles. The molecule has 1 aliphatic heterocycles. The number of nitrogens with zero attached hydrogens (tertiary/aromatic N) is 1. The van der Waals surface area contributed by atoms with Crippen LogP contribution >= 0.6 is 27.5 Å². The minimum atomic E-state index is 0.332. The van der Waals surface area contributed by atoms with E-state index in [0.29, 0.717) is 12.1 Å². The van der Waals surface area contributed by atoms with Crippen molar-refractivity contribution in [1.29, 1.82) is 0 Å². The van der Waals surface area contributed by atoms with Crippen molar-refractivity contribution in [2.24, 2.45) is 5.92 Å². The Balaban J connectivity index is 2.02. The summed E-state index contributed by atoms with van der Waals surface area (Å²) in [6, 6.07) is 7.24. The molecule has 0 saturated carbocycles. The number of benzene rings is 1. The summed E-state index contributed by atoms with van der Waals surface area (Å²) in [6.45, 7) is 10.2. The Morgan fingerprint density at radius 1 is 1.43 bits per heavy atom. The van der Waals surface area contributed by atoms with Gasteiger partial charge >= 0.3 is 0 Å². The predicted molar refractivity (Wildman–Crippen MR) is 95.0 cm³/mol. The van der Waals surface area contributed by atoms with E-state index in [9.17, 15) is 0 Å². The van der Waals surface area contributed by atoms with Gasteiger partial charge in [0.05, 0.1) is 0 Å². The van der Waals surface area contributed by atoms with E-state index in [1.807, 2.05) is 6.07 Å². The first-order chi connectivity index (χ1) is 10.0. The molecule has 2 nitrogen and oxygen atoms in total. The summed E-state index contributed by atoms with van der Waals surface area (Å²) in [6.07, 6.45) is 2.43. The van der Waals surface area contributed by atoms with Crippen molar-refractivity contribution in [2.75, 3.05) is 19.6 Å². The molecule has 118 valence electrons. The van der Waals surface area contributed by atoms with Gasteiger partial charge in [0.2, 0.25) is 0 Å². The van der Waals surface area contributed by atoms with E-state index in [0.717, 1.165) is 34.9 Å². The molecular formula is C17H26BrClN2. The third-order valence-electron chi connectivity index (χ3n) is 4.41. The molecule has 21 heavy (non-hydrogen) atoms. The van der Waals surface area contributed by atoms with Crippen molar-refractivity contribution in [3.63, 3.8) is 0 Å². The topological polar surface area (TPSA) is 15.3 Å². The fourth-order valence-corrected chi connectivity index (χ4v) is 4.20. The molecule has 0 aromatic heterocycles. The number of hydrogen-bond donors (Lipinski definition) is 1. The van der Waals surface area contributed by atoms with Crippen LogP contribution in [0.2, 0.25) is 5.02 Å². The highest BCUT2D eigenvalue weighted by atomic mass is 79.9. The maximum atomic E-state index is 6.42. The van der Waals surface area contributed by atoms with Gasteiger partial charge in [0.25, 0.3) is 0 Å². The van der Waals surface area contributed by atoms with Crippen LogP contribution in [0.25, 0.3) is 0 Å². The summed E-state index contributed by atoms with van der Waals surface area (Å²) in [4.78, 5) is 2.61. The summed E-state index contributed by atoms with van der Waals surface area (Å²) in [5, 5.41) is 4.43. The largest absolute Gasteiger partial charge is 0.310 e. The van der Waals surface area contributed by atoms with Crippen LogP contribution in [0.15, 0.2) is 22.7 Å². The van der Waals surface area contributed by atoms with Gasteiger partial charge < -0.3 is 10.2 Å². The molecule has 0 amide bonds. The van der Waals surface area contributed by atoms with Crippen LogP contribution in [-0.4, -0.2) is 30.6 Å². The Bertz CT molecular complexity index is 466. The molecule has 3 atom stereocenters. The van der Waals surface area contributed by atoms with E-state index in [1.165, 1.54) is 18.5 Å². The Morgan fingerprint density at radius 2 is 2.19 bits per heavy atom. The second kappa shape index (κ2) is 7.96. The Hall–Kier alpha value is -0.0900. The van der Waals surface area contributed by atoms with Gasteiger partial charge in [-0.15, -0.1) is 0 Å². The molecule has 4 heteroatoms. The molecule has 0 bridgehead atoms. The van der Waals surface area contributed by atoms with Crippen molar-refractivity contribution in [2.45, 2.75) is 45.7 Å². The molecule has 2 rings (SSSR count). The number of hydrogen-bond acceptors (Lipinski definition) is 2. The van der Waals surface area contributed by atoms with E-state index < -0.39 is 0 Å². The van der Waals surface area contributed by atoms with E-state index in [2.05, 4.69) is 59.1 Å². The lowest BCUT2D eigenvalue weighted by atomic mass is 10.0. The lowest BCUT2D eigenvalue weighted by Crippen LogP contribution is -2.32. The van der Waals surface area contributed by atoms with Crippen molar-refractivity contribution in [3.05, 3.63) is 33.3 Å². The van der Waals surface area contributed by atoms with Gasteiger partial charge in [0.15, 0.2) is 0 Å². The zero-order valence-electron chi connectivity index (χ0n) is 13.2. The average molecular weight is 374 g/mol. The normalized spacial score (nSPS) is 24.4. The number of nitrogens with one attached hydrogen (secondary N) is 1. The number of halogens is 2. The Morgan fingerprint density at radius 3 is 2.76 bits per heavy atom. The smallest absolute Gasteiger partial charge is 0.0465 e. The highest BCUT2D eigenvalue weighted by molar-refractivity contribution is 9.10. The van der Waals surface area contributed by atoms with Crippen LogP contribution in [0, 0.1) is 5.92 Å². The van der Waals surface area contributed by atoms with Crippen LogP contribution in [0.5, 0.6) is 0 Å². The van der Waals surface area contributed by atoms with Gasteiger partial charge in [-0.25, -0.2) is 0 Å². The molecule has 3 unspecified atom stereocenters. The van der Waals surface area contributed by atoms with Crippen LogP contribution < -0.4 is 5.32 Å².